The van der Waals surface area contributed by atoms with E-state index < -0.39 is 12.0 Å². The fourth-order valence-corrected chi connectivity index (χ4v) is 5.32. The van der Waals surface area contributed by atoms with Gasteiger partial charge >= 0.3 is 5.97 Å². The molecule has 0 saturated heterocycles. The SMILES string of the molecule is COC(=O)C(Cc1ccc(OCCN(C(=O)CCc2ccccc2)c2ccccc2)cc1)Nc1ccccc1C(=O)c1ccccc1. The van der Waals surface area contributed by atoms with Crippen molar-refractivity contribution < 1.29 is 23.9 Å². The summed E-state index contributed by atoms with van der Waals surface area (Å²) in [7, 11) is 1.35. The van der Waals surface area contributed by atoms with Gasteiger partial charge in [0.15, 0.2) is 5.78 Å². The van der Waals surface area contributed by atoms with Crippen molar-refractivity contribution >= 4 is 29.0 Å². The van der Waals surface area contributed by atoms with Crippen LogP contribution in [0.2, 0.25) is 0 Å². The number of rotatable bonds is 15. The van der Waals surface area contributed by atoms with Gasteiger partial charge in [-0.1, -0.05) is 103 Å². The molecule has 5 rings (SSSR count). The molecule has 0 saturated carbocycles. The number of methoxy groups -OCH3 is 1. The first-order chi connectivity index (χ1) is 23.0. The van der Waals surface area contributed by atoms with E-state index in [-0.39, 0.29) is 11.7 Å². The Balaban J connectivity index is 1.20. The monoisotopic (exact) mass is 626 g/mol. The molecular weight excluding hydrogens is 588 g/mol. The quantitative estimate of drug-likeness (QED) is 0.0981. The number of nitrogens with zero attached hydrogens (tertiary/aromatic N) is 1. The van der Waals surface area contributed by atoms with Crippen molar-refractivity contribution in [3.05, 3.63) is 162 Å². The van der Waals surface area contributed by atoms with E-state index in [0.29, 0.717) is 55.0 Å². The number of para-hydroxylation sites is 2. The van der Waals surface area contributed by atoms with Crippen molar-refractivity contribution in [1.29, 1.82) is 0 Å². The van der Waals surface area contributed by atoms with Crippen LogP contribution in [0.25, 0.3) is 0 Å². The van der Waals surface area contributed by atoms with Crippen molar-refractivity contribution in [3.8, 4) is 5.75 Å². The Morgan fingerprint density at radius 3 is 2.00 bits per heavy atom. The summed E-state index contributed by atoms with van der Waals surface area (Å²) in [5.41, 5.74) is 4.43. The van der Waals surface area contributed by atoms with Crippen LogP contribution in [-0.2, 0) is 27.2 Å². The van der Waals surface area contributed by atoms with Crippen LogP contribution in [0, 0.1) is 0 Å². The van der Waals surface area contributed by atoms with E-state index in [1.165, 1.54) is 7.11 Å². The molecule has 1 atom stereocenters. The Hall–Kier alpha value is -5.69. The normalized spacial score (nSPS) is 11.3. The van der Waals surface area contributed by atoms with Crippen molar-refractivity contribution in [3.63, 3.8) is 0 Å². The molecule has 7 nitrogen and oxygen atoms in total. The van der Waals surface area contributed by atoms with Gasteiger partial charge in [-0.3, -0.25) is 9.59 Å². The summed E-state index contributed by atoms with van der Waals surface area (Å²) in [4.78, 5) is 41.1. The Bertz CT molecular complexity index is 1740. The molecule has 0 aliphatic rings. The zero-order valence-corrected chi connectivity index (χ0v) is 26.4. The number of ether oxygens (including phenoxy) is 2. The maximum atomic E-state index is 13.3. The molecule has 47 heavy (non-hydrogen) atoms. The predicted octanol–water partition coefficient (Wildman–Crippen LogP) is 7.16. The minimum Gasteiger partial charge on any atom is -0.492 e. The van der Waals surface area contributed by atoms with Gasteiger partial charge in [0.25, 0.3) is 0 Å². The van der Waals surface area contributed by atoms with Crippen molar-refractivity contribution in [2.45, 2.75) is 25.3 Å². The van der Waals surface area contributed by atoms with Gasteiger partial charge in [-0.2, -0.15) is 0 Å². The van der Waals surface area contributed by atoms with Gasteiger partial charge in [0.1, 0.15) is 18.4 Å². The maximum Gasteiger partial charge on any atom is 0.328 e. The Morgan fingerprint density at radius 2 is 1.32 bits per heavy atom. The van der Waals surface area contributed by atoms with E-state index in [1.807, 2.05) is 109 Å². The van der Waals surface area contributed by atoms with E-state index in [0.717, 1.165) is 16.8 Å². The molecule has 0 fully saturated rings. The molecule has 1 amide bonds. The molecule has 1 unspecified atom stereocenters. The fraction of sp³-hybridized carbons (Fsp3) is 0.175. The molecule has 7 heteroatoms. The van der Waals surface area contributed by atoms with E-state index in [9.17, 15) is 14.4 Å². The Kier molecular flexibility index (Phi) is 11.5. The highest BCUT2D eigenvalue weighted by atomic mass is 16.5. The molecule has 1 N–H and O–H groups in total. The van der Waals surface area contributed by atoms with Crippen LogP contribution >= 0.6 is 0 Å². The predicted molar refractivity (Wildman–Crippen MR) is 185 cm³/mol. The number of ketones is 1. The van der Waals surface area contributed by atoms with Crippen LogP contribution < -0.4 is 15.0 Å². The van der Waals surface area contributed by atoms with Gasteiger partial charge in [0, 0.05) is 35.3 Å². The molecule has 0 bridgehead atoms. The first-order valence-electron chi connectivity index (χ1n) is 15.7. The Morgan fingerprint density at radius 1 is 0.702 bits per heavy atom. The summed E-state index contributed by atoms with van der Waals surface area (Å²) in [5.74, 6) is 0.111. The van der Waals surface area contributed by atoms with Gasteiger partial charge < -0.3 is 19.7 Å². The lowest BCUT2D eigenvalue weighted by molar-refractivity contribution is -0.141. The number of esters is 1. The average molecular weight is 627 g/mol. The topological polar surface area (TPSA) is 84.9 Å². The second-order valence-electron chi connectivity index (χ2n) is 11.0. The maximum absolute atomic E-state index is 13.3. The number of amides is 1. The highest BCUT2D eigenvalue weighted by molar-refractivity contribution is 6.12. The number of aryl methyl sites for hydroxylation is 1. The van der Waals surface area contributed by atoms with Crippen LogP contribution in [0.15, 0.2) is 140 Å². The number of benzene rings is 5. The molecule has 0 aliphatic heterocycles. The molecule has 0 heterocycles. The van der Waals surface area contributed by atoms with Gasteiger partial charge in [-0.05, 0) is 53.9 Å². The average Bonchev–Trinajstić information content (AvgIpc) is 3.13. The highest BCUT2D eigenvalue weighted by Crippen LogP contribution is 2.23. The summed E-state index contributed by atoms with van der Waals surface area (Å²) in [6.45, 7) is 0.707. The largest absolute Gasteiger partial charge is 0.492 e. The molecule has 5 aromatic rings. The fourth-order valence-electron chi connectivity index (χ4n) is 5.32. The van der Waals surface area contributed by atoms with E-state index in [4.69, 9.17) is 9.47 Å². The van der Waals surface area contributed by atoms with Gasteiger partial charge in [0.05, 0.1) is 13.7 Å². The van der Waals surface area contributed by atoms with Crippen LogP contribution in [0.1, 0.15) is 33.5 Å². The third-order valence-corrected chi connectivity index (χ3v) is 7.81. The molecule has 5 aromatic carbocycles. The molecule has 0 radical (unpaired) electrons. The number of carbonyl (C=O) groups is 3. The van der Waals surface area contributed by atoms with Gasteiger partial charge in [0.2, 0.25) is 5.91 Å². The number of carbonyl (C=O) groups excluding carboxylic acids is 3. The van der Waals surface area contributed by atoms with Crippen LogP contribution in [0.3, 0.4) is 0 Å². The molecular formula is C40H38N2O5. The molecule has 0 aromatic heterocycles. The minimum absolute atomic E-state index is 0.0346. The van der Waals surface area contributed by atoms with Crippen molar-refractivity contribution in [1.82, 2.24) is 0 Å². The lowest BCUT2D eigenvalue weighted by atomic mass is 10.00. The van der Waals surface area contributed by atoms with E-state index in [2.05, 4.69) is 5.32 Å². The first-order valence-corrected chi connectivity index (χ1v) is 15.7. The van der Waals surface area contributed by atoms with E-state index in [1.54, 1.807) is 35.2 Å². The molecule has 0 aliphatic carbocycles. The lowest BCUT2D eigenvalue weighted by Gasteiger charge is -2.23. The van der Waals surface area contributed by atoms with Crippen molar-refractivity contribution in [2.24, 2.45) is 0 Å². The minimum atomic E-state index is -0.724. The highest BCUT2D eigenvalue weighted by Gasteiger charge is 2.23. The van der Waals surface area contributed by atoms with E-state index >= 15 is 0 Å². The van der Waals surface area contributed by atoms with Gasteiger partial charge in [-0.25, -0.2) is 4.79 Å². The third kappa shape index (κ3) is 9.17. The van der Waals surface area contributed by atoms with Crippen LogP contribution in [0.5, 0.6) is 5.75 Å². The number of hydrogen-bond acceptors (Lipinski definition) is 6. The molecule has 238 valence electrons. The second kappa shape index (κ2) is 16.6. The zero-order valence-electron chi connectivity index (χ0n) is 26.4. The standard InChI is InChI=1S/C40H38N2O5/c1-46-40(45)37(41-36-20-12-11-19-35(36)39(44)32-15-7-3-8-16-32)29-31-21-24-34(25-22-31)47-28-27-42(33-17-9-4-10-18-33)38(43)26-23-30-13-5-2-6-14-30/h2-22,24-25,37,41H,23,26-29H2,1H3. The summed E-state index contributed by atoms with van der Waals surface area (Å²) in [5, 5.41) is 3.24. The Labute approximate surface area is 275 Å². The first kappa shape index (κ1) is 32.7. The van der Waals surface area contributed by atoms with Crippen LogP contribution in [-0.4, -0.2) is 44.0 Å². The zero-order chi connectivity index (χ0) is 32.8. The lowest BCUT2D eigenvalue weighted by Crippen LogP contribution is -2.34. The smallest absolute Gasteiger partial charge is 0.328 e. The van der Waals surface area contributed by atoms with Gasteiger partial charge in [-0.15, -0.1) is 0 Å². The number of hydrogen-bond donors (Lipinski definition) is 1. The third-order valence-electron chi connectivity index (χ3n) is 7.81. The summed E-state index contributed by atoms with van der Waals surface area (Å²) >= 11 is 0. The number of anilines is 2. The number of nitrogens with one attached hydrogen (secondary N) is 1. The second-order valence-corrected chi connectivity index (χ2v) is 11.0. The van der Waals surface area contributed by atoms with Crippen molar-refractivity contribution in [2.75, 3.05) is 30.5 Å². The molecule has 0 spiro atoms. The van der Waals surface area contributed by atoms with Crippen LogP contribution in [0.4, 0.5) is 11.4 Å². The summed E-state index contributed by atoms with van der Waals surface area (Å²) < 4.78 is 11.1. The summed E-state index contributed by atoms with van der Waals surface area (Å²) in [6, 6.07) is 42.6. The summed E-state index contributed by atoms with van der Waals surface area (Å²) in [6.07, 6.45) is 1.40.